The molecule has 0 heterocycles. The minimum absolute atomic E-state index is 0.259. The average Bonchev–Trinajstić information content (AvgIpc) is 2.46. The van der Waals surface area contributed by atoms with Crippen molar-refractivity contribution < 1.29 is 0 Å². The van der Waals surface area contributed by atoms with Crippen molar-refractivity contribution >= 4 is 0 Å². The standard InChI is InChI=1S/C18H39N3/c1-6-20(7-2)10-9-11-21(8-3)18(15-19)13-16(4)12-17(5)14-18/h16-17H,6-15,19H2,1-5H3. The molecule has 21 heavy (non-hydrogen) atoms. The maximum Gasteiger partial charge on any atom is 0.0336 e. The van der Waals surface area contributed by atoms with Crippen LogP contribution in [-0.2, 0) is 0 Å². The van der Waals surface area contributed by atoms with Crippen molar-refractivity contribution in [3.8, 4) is 0 Å². The first-order valence-corrected chi connectivity index (χ1v) is 9.18. The number of hydrogen-bond acceptors (Lipinski definition) is 3. The quantitative estimate of drug-likeness (QED) is 0.709. The molecule has 0 amide bonds. The van der Waals surface area contributed by atoms with Crippen LogP contribution in [0.5, 0.6) is 0 Å². The van der Waals surface area contributed by atoms with E-state index in [4.69, 9.17) is 5.73 Å². The molecule has 126 valence electrons. The Morgan fingerprint density at radius 3 is 1.95 bits per heavy atom. The van der Waals surface area contributed by atoms with Gasteiger partial charge in [0.15, 0.2) is 0 Å². The van der Waals surface area contributed by atoms with E-state index in [0.717, 1.165) is 24.9 Å². The minimum Gasteiger partial charge on any atom is -0.329 e. The monoisotopic (exact) mass is 297 g/mol. The first-order chi connectivity index (χ1) is 10.0. The average molecular weight is 298 g/mol. The molecular weight excluding hydrogens is 258 g/mol. The first kappa shape index (κ1) is 18.9. The van der Waals surface area contributed by atoms with E-state index in [1.165, 1.54) is 51.9 Å². The summed E-state index contributed by atoms with van der Waals surface area (Å²) in [5, 5.41) is 0. The highest BCUT2D eigenvalue weighted by Crippen LogP contribution is 2.39. The SMILES string of the molecule is CCN(CC)CCCN(CC)C1(CN)CC(C)CC(C)C1. The molecule has 2 unspecified atom stereocenters. The zero-order valence-corrected chi connectivity index (χ0v) is 15.2. The van der Waals surface area contributed by atoms with Gasteiger partial charge in [-0.15, -0.1) is 0 Å². The summed E-state index contributed by atoms with van der Waals surface area (Å²) in [5.74, 6) is 1.63. The third kappa shape index (κ3) is 5.22. The second-order valence-electron chi connectivity index (χ2n) is 7.24. The maximum atomic E-state index is 6.27. The molecule has 1 fully saturated rings. The Morgan fingerprint density at radius 1 is 0.952 bits per heavy atom. The smallest absolute Gasteiger partial charge is 0.0336 e. The Balaban J connectivity index is 2.62. The van der Waals surface area contributed by atoms with Gasteiger partial charge in [-0.1, -0.05) is 34.6 Å². The number of nitrogens with two attached hydrogens (primary N) is 1. The van der Waals surface area contributed by atoms with Gasteiger partial charge in [0, 0.05) is 12.1 Å². The fraction of sp³-hybridized carbons (Fsp3) is 1.00. The molecule has 0 aromatic heterocycles. The maximum absolute atomic E-state index is 6.27. The minimum atomic E-state index is 0.259. The molecule has 1 saturated carbocycles. The Morgan fingerprint density at radius 2 is 1.52 bits per heavy atom. The lowest BCUT2D eigenvalue weighted by Crippen LogP contribution is -2.57. The van der Waals surface area contributed by atoms with Crippen LogP contribution in [0.1, 0.15) is 60.3 Å². The van der Waals surface area contributed by atoms with Gasteiger partial charge in [-0.05, 0) is 70.2 Å². The molecule has 1 rings (SSSR count). The molecule has 2 atom stereocenters. The molecule has 0 radical (unpaired) electrons. The Labute approximate surface area is 133 Å². The van der Waals surface area contributed by atoms with E-state index in [-0.39, 0.29) is 5.54 Å². The van der Waals surface area contributed by atoms with Gasteiger partial charge < -0.3 is 10.6 Å². The number of nitrogens with zero attached hydrogens (tertiary/aromatic N) is 2. The lowest BCUT2D eigenvalue weighted by Gasteiger charge is -2.49. The van der Waals surface area contributed by atoms with E-state index in [0.29, 0.717) is 0 Å². The van der Waals surface area contributed by atoms with Crippen molar-refractivity contribution in [3.05, 3.63) is 0 Å². The van der Waals surface area contributed by atoms with Crippen LogP contribution in [0.15, 0.2) is 0 Å². The van der Waals surface area contributed by atoms with Crippen molar-refractivity contribution in [1.29, 1.82) is 0 Å². The molecule has 0 aromatic carbocycles. The summed E-state index contributed by atoms with van der Waals surface area (Å²) in [5.41, 5.74) is 6.53. The lowest BCUT2D eigenvalue weighted by atomic mass is 9.70. The van der Waals surface area contributed by atoms with Crippen molar-refractivity contribution in [2.75, 3.05) is 39.3 Å². The summed E-state index contributed by atoms with van der Waals surface area (Å²) in [6.45, 7) is 18.3. The summed E-state index contributed by atoms with van der Waals surface area (Å²) < 4.78 is 0. The molecule has 0 spiro atoms. The fourth-order valence-corrected chi connectivity index (χ4v) is 4.54. The van der Waals surface area contributed by atoms with E-state index in [9.17, 15) is 0 Å². The van der Waals surface area contributed by atoms with Gasteiger partial charge in [0.2, 0.25) is 0 Å². The topological polar surface area (TPSA) is 32.5 Å². The predicted octanol–water partition coefficient (Wildman–Crippen LogP) is 3.19. The van der Waals surface area contributed by atoms with Gasteiger partial charge in [0.1, 0.15) is 0 Å². The van der Waals surface area contributed by atoms with E-state index in [1.807, 2.05) is 0 Å². The van der Waals surface area contributed by atoms with Crippen molar-refractivity contribution in [2.24, 2.45) is 17.6 Å². The van der Waals surface area contributed by atoms with Gasteiger partial charge in [0.05, 0.1) is 0 Å². The summed E-state index contributed by atoms with van der Waals surface area (Å²) >= 11 is 0. The third-order valence-corrected chi connectivity index (χ3v) is 5.49. The lowest BCUT2D eigenvalue weighted by molar-refractivity contribution is 0.0205. The van der Waals surface area contributed by atoms with Crippen LogP contribution < -0.4 is 5.73 Å². The summed E-state index contributed by atoms with van der Waals surface area (Å²) in [7, 11) is 0. The molecule has 3 heteroatoms. The number of rotatable bonds is 9. The summed E-state index contributed by atoms with van der Waals surface area (Å²) in [4.78, 5) is 5.22. The van der Waals surface area contributed by atoms with Gasteiger partial charge in [0.25, 0.3) is 0 Å². The Hall–Kier alpha value is -0.120. The molecular formula is C18H39N3. The van der Waals surface area contributed by atoms with Crippen LogP contribution in [0.25, 0.3) is 0 Å². The van der Waals surface area contributed by atoms with Gasteiger partial charge in [-0.3, -0.25) is 4.90 Å². The molecule has 1 aliphatic carbocycles. The zero-order valence-electron chi connectivity index (χ0n) is 15.2. The van der Waals surface area contributed by atoms with E-state index < -0.39 is 0 Å². The van der Waals surface area contributed by atoms with Crippen LogP contribution in [0.4, 0.5) is 0 Å². The normalized spacial score (nSPS) is 30.3. The molecule has 0 aliphatic heterocycles. The highest BCUT2D eigenvalue weighted by Gasteiger charge is 2.40. The Kier molecular flexibility index (Phi) is 8.22. The zero-order chi connectivity index (χ0) is 15.9. The Bertz CT molecular complexity index is 266. The van der Waals surface area contributed by atoms with Gasteiger partial charge >= 0.3 is 0 Å². The first-order valence-electron chi connectivity index (χ1n) is 9.18. The molecule has 2 N–H and O–H groups in total. The molecule has 0 aromatic rings. The fourth-order valence-electron chi connectivity index (χ4n) is 4.54. The van der Waals surface area contributed by atoms with Gasteiger partial charge in [-0.25, -0.2) is 0 Å². The highest BCUT2D eigenvalue weighted by atomic mass is 15.2. The van der Waals surface area contributed by atoms with Crippen LogP contribution in [-0.4, -0.2) is 54.6 Å². The van der Waals surface area contributed by atoms with Crippen molar-refractivity contribution in [1.82, 2.24) is 9.80 Å². The molecule has 1 aliphatic rings. The van der Waals surface area contributed by atoms with E-state index in [1.54, 1.807) is 0 Å². The van der Waals surface area contributed by atoms with Crippen molar-refractivity contribution in [3.63, 3.8) is 0 Å². The van der Waals surface area contributed by atoms with E-state index in [2.05, 4.69) is 44.4 Å². The third-order valence-electron chi connectivity index (χ3n) is 5.49. The predicted molar refractivity (Wildman–Crippen MR) is 93.6 cm³/mol. The second-order valence-corrected chi connectivity index (χ2v) is 7.24. The second kappa shape index (κ2) is 9.12. The van der Waals surface area contributed by atoms with Crippen LogP contribution in [0.3, 0.4) is 0 Å². The number of hydrogen-bond donors (Lipinski definition) is 1. The summed E-state index contributed by atoms with van der Waals surface area (Å²) in [6.07, 6.45) is 5.21. The molecule has 3 nitrogen and oxygen atoms in total. The van der Waals surface area contributed by atoms with Gasteiger partial charge in [-0.2, -0.15) is 0 Å². The van der Waals surface area contributed by atoms with Crippen LogP contribution in [0.2, 0.25) is 0 Å². The van der Waals surface area contributed by atoms with Crippen LogP contribution in [0, 0.1) is 11.8 Å². The van der Waals surface area contributed by atoms with Crippen molar-refractivity contribution in [2.45, 2.75) is 65.8 Å². The largest absolute Gasteiger partial charge is 0.329 e. The number of likely N-dealkylation sites (N-methyl/N-ethyl adjacent to an activating group) is 1. The summed E-state index contributed by atoms with van der Waals surface area (Å²) in [6, 6.07) is 0. The molecule has 0 saturated heterocycles. The molecule has 0 bridgehead atoms. The van der Waals surface area contributed by atoms with E-state index >= 15 is 0 Å². The van der Waals surface area contributed by atoms with Crippen LogP contribution >= 0.6 is 0 Å². The highest BCUT2D eigenvalue weighted by molar-refractivity contribution is 4.97.